The minimum atomic E-state index is 0.816. The van der Waals surface area contributed by atoms with Gasteiger partial charge in [0, 0.05) is 0 Å². The van der Waals surface area contributed by atoms with Crippen LogP contribution in [-0.2, 0) is 5.75 Å². The highest BCUT2D eigenvalue weighted by Gasteiger charge is 1.99. The average molecular weight is 270 g/mol. The molecule has 2 heterocycles. The van der Waals surface area contributed by atoms with Gasteiger partial charge in [0.2, 0.25) is 0 Å². The van der Waals surface area contributed by atoms with Crippen LogP contribution >= 0.6 is 27.7 Å². The van der Waals surface area contributed by atoms with Gasteiger partial charge in [-0.15, -0.1) is 0 Å². The van der Waals surface area contributed by atoms with Gasteiger partial charge in [0.25, 0.3) is 0 Å². The number of furan rings is 1. The first-order chi connectivity index (χ1) is 6.84. The Kier molecular flexibility index (Phi) is 3.26. The van der Waals surface area contributed by atoms with Gasteiger partial charge in [-0.1, -0.05) is 17.8 Å². The van der Waals surface area contributed by atoms with E-state index in [4.69, 9.17) is 4.42 Å². The third kappa shape index (κ3) is 2.62. The Hall–Kier alpha value is -0.740. The molecule has 0 aliphatic carbocycles. The summed E-state index contributed by atoms with van der Waals surface area (Å²) in [4.78, 5) is 4.31. The number of hydrogen-bond donors (Lipinski definition) is 0. The van der Waals surface area contributed by atoms with Crippen molar-refractivity contribution in [1.29, 1.82) is 0 Å². The molecule has 2 aromatic rings. The first kappa shape index (κ1) is 9.80. The van der Waals surface area contributed by atoms with Gasteiger partial charge in [0.05, 0.1) is 17.0 Å². The van der Waals surface area contributed by atoms with E-state index in [-0.39, 0.29) is 0 Å². The molecular formula is C10H8BrNOS. The Balaban J connectivity index is 1.98. The summed E-state index contributed by atoms with van der Waals surface area (Å²) < 4.78 is 6.09. The molecule has 0 saturated carbocycles. The zero-order chi connectivity index (χ0) is 9.80. The molecule has 2 aromatic heterocycles. The van der Waals surface area contributed by atoms with Gasteiger partial charge in [-0.3, -0.25) is 0 Å². The van der Waals surface area contributed by atoms with Crippen molar-refractivity contribution < 1.29 is 4.42 Å². The largest absolute Gasteiger partial charge is 0.468 e. The predicted molar refractivity (Wildman–Crippen MR) is 60.2 cm³/mol. The summed E-state index contributed by atoms with van der Waals surface area (Å²) in [6, 6.07) is 9.73. The van der Waals surface area contributed by atoms with E-state index in [1.165, 1.54) is 0 Å². The summed E-state index contributed by atoms with van der Waals surface area (Å²) in [6.45, 7) is 0. The van der Waals surface area contributed by atoms with E-state index in [2.05, 4.69) is 20.9 Å². The normalized spacial score (nSPS) is 10.4. The zero-order valence-electron chi connectivity index (χ0n) is 7.31. The molecule has 0 saturated heterocycles. The van der Waals surface area contributed by atoms with Crippen LogP contribution in [0.15, 0.2) is 50.6 Å². The molecule has 14 heavy (non-hydrogen) atoms. The summed E-state index contributed by atoms with van der Waals surface area (Å²) in [5.41, 5.74) is 0. The van der Waals surface area contributed by atoms with Crippen molar-refractivity contribution >= 4 is 27.7 Å². The number of nitrogens with zero attached hydrogens (tertiary/aromatic N) is 1. The third-order valence-electron chi connectivity index (χ3n) is 1.63. The number of hydrogen-bond acceptors (Lipinski definition) is 3. The topological polar surface area (TPSA) is 26.0 Å². The smallest absolute Gasteiger partial charge is 0.114 e. The summed E-state index contributed by atoms with van der Waals surface area (Å²) in [5, 5.41) is 0.996. The highest BCUT2D eigenvalue weighted by molar-refractivity contribution is 9.10. The van der Waals surface area contributed by atoms with Gasteiger partial charge in [-0.25, -0.2) is 4.98 Å². The van der Waals surface area contributed by atoms with Crippen LogP contribution in [0.5, 0.6) is 0 Å². The molecule has 0 N–H and O–H groups in total. The minimum Gasteiger partial charge on any atom is -0.468 e. The maximum absolute atomic E-state index is 5.23. The van der Waals surface area contributed by atoms with Crippen LogP contribution in [0.25, 0.3) is 0 Å². The molecule has 0 atom stereocenters. The fourth-order valence-corrected chi connectivity index (χ4v) is 2.26. The molecule has 0 fully saturated rings. The molecule has 0 unspecified atom stereocenters. The summed E-state index contributed by atoms with van der Waals surface area (Å²) in [7, 11) is 0. The Bertz CT molecular complexity index is 402. The van der Waals surface area contributed by atoms with Crippen LogP contribution in [0.3, 0.4) is 0 Å². The van der Waals surface area contributed by atoms with Crippen molar-refractivity contribution in [3.8, 4) is 0 Å². The van der Waals surface area contributed by atoms with Crippen LogP contribution < -0.4 is 0 Å². The highest BCUT2D eigenvalue weighted by atomic mass is 79.9. The zero-order valence-corrected chi connectivity index (χ0v) is 9.72. The molecule has 0 bridgehead atoms. The first-order valence-corrected chi connectivity index (χ1v) is 5.90. The summed E-state index contributed by atoms with van der Waals surface area (Å²) in [6.07, 6.45) is 1.68. The Labute approximate surface area is 94.9 Å². The first-order valence-electron chi connectivity index (χ1n) is 4.12. The summed E-state index contributed by atoms with van der Waals surface area (Å²) >= 11 is 4.99. The Morgan fingerprint density at radius 2 is 2.21 bits per heavy atom. The van der Waals surface area contributed by atoms with Crippen LogP contribution in [0.1, 0.15) is 5.76 Å². The van der Waals surface area contributed by atoms with E-state index >= 15 is 0 Å². The van der Waals surface area contributed by atoms with Crippen molar-refractivity contribution in [2.45, 2.75) is 10.8 Å². The van der Waals surface area contributed by atoms with E-state index in [1.54, 1.807) is 18.0 Å². The van der Waals surface area contributed by atoms with E-state index in [9.17, 15) is 0 Å². The van der Waals surface area contributed by atoms with Crippen LogP contribution in [0.4, 0.5) is 0 Å². The molecule has 2 rings (SSSR count). The van der Waals surface area contributed by atoms with Crippen molar-refractivity contribution in [3.05, 3.63) is 47.0 Å². The van der Waals surface area contributed by atoms with Crippen LogP contribution in [0, 0.1) is 0 Å². The lowest BCUT2D eigenvalue weighted by atomic mass is 10.5. The van der Waals surface area contributed by atoms with Crippen molar-refractivity contribution in [2.75, 3.05) is 0 Å². The molecule has 0 aliphatic heterocycles. The monoisotopic (exact) mass is 269 g/mol. The third-order valence-corrected chi connectivity index (χ3v) is 3.03. The molecular weight excluding hydrogens is 262 g/mol. The quantitative estimate of drug-likeness (QED) is 0.628. The molecule has 0 aromatic carbocycles. The minimum absolute atomic E-state index is 0.816. The number of rotatable bonds is 3. The van der Waals surface area contributed by atoms with Gasteiger partial charge in [0.15, 0.2) is 0 Å². The van der Waals surface area contributed by atoms with Gasteiger partial charge in [-0.2, -0.15) is 0 Å². The highest BCUT2D eigenvalue weighted by Crippen LogP contribution is 2.22. The number of thioether (sulfide) groups is 1. The van der Waals surface area contributed by atoms with E-state index in [0.717, 1.165) is 21.1 Å². The van der Waals surface area contributed by atoms with Gasteiger partial charge >= 0.3 is 0 Å². The van der Waals surface area contributed by atoms with E-state index in [1.807, 2.05) is 30.3 Å². The molecule has 0 spiro atoms. The van der Waals surface area contributed by atoms with Crippen molar-refractivity contribution in [1.82, 2.24) is 4.98 Å². The molecule has 0 aliphatic rings. The lowest BCUT2D eigenvalue weighted by molar-refractivity contribution is 0.530. The fraction of sp³-hybridized carbons (Fsp3) is 0.100. The molecule has 0 radical (unpaired) electrons. The molecule has 2 nitrogen and oxygen atoms in total. The van der Waals surface area contributed by atoms with Gasteiger partial charge in [-0.05, 0) is 40.2 Å². The maximum atomic E-state index is 5.23. The number of halogens is 1. The second-order valence-corrected chi connectivity index (χ2v) is 4.47. The molecule has 4 heteroatoms. The average Bonchev–Trinajstić information content (AvgIpc) is 2.67. The standard InChI is InChI=1S/C10H8BrNOS/c11-9-4-1-5-10(12-9)14-7-8-3-2-6-13-8/h1-6H,7H2. The molecule has 0 amide bonds. The van der Waals surface area contributed by atoms with Crippen molar-refractivity contribution in [2.24, 2.45) is 0 Å². The lowest BCUT2D eigenvalue weighted by Crippen LogP contribution is -1.81. The lowest BCUT2D eigenvalue weighted by Gasteiger charge is -1.98. The Morgan fingerprint density at radius 3 is 2.93 bits per heavy atom. The predicted octanol–water partition coefficient (Wildman–Crippen LogP) is 3.73. The summed E-state index contributed by atoms with van der Waals surface area (Å²) in [5.74, 6) is 1.79. The SMILES string of the molecule is Brc1cccc(SCc2ccco2)n1. The van der Waals surface area contributed by atoms with Gasteiger partial charge < -0.3 is 4.42 Å². The van der Waals surface area contributed by atoms with Crippen LogP contribution in [-0.4, -0.2) is 4.98 Å². The van der Waals surface area contributed by atoms with E-state index in [0.29, 0.717) is 0 Å². The fourth-order valence-electron chi connectivity index (χ4n) is 1.01. The Morgan fingerprint density at radius 1 is 1.29 bits per heavy atom. The van der Waals surface area contributed by atoms with Gasteiger partial charge in [0.1, 0.15) is 10.4 Å². The molecule has 72 valence electrons. The number of pyridine rings is 1. The number of aromatic nitrogens is 1. The van der Waals surface area contributed by atoms with E-state index < -0.39 is 0 Å². The maximum Gasteiger partial charge on any atom is 0.114 e. The van der Waals surface area contributed by atoms with Crippen molar-refractivity contribution in [3.63, 3.8) is 0 Å². The van der Waals surface area contributed by atoms with Crippen LogP contribution in [0.2, 0.25) is 0 Å². The second-order valence-electron chi connectivity index (χ2n) is 2.67. The second kappa shape index (κ2) is 4.66.